The molecule has 1 aromatic carbocycles. The topological polar surface area (TPSA) is 32.3 Å². The minimum absolute atomic E-state index is 0.137. The highest BCUT2D eigenvalue weighted by molar-refractivity contribution is 5.79. The third-order valence-corrected chi connectivity index (χ3v) is 4.26. The first-order chi connectivity index (χ1) is 10.1. The molecule has 1 N–H and O–H groups in total. The van der Waals surface area contributed by atoms with E-state index in [0.717, 1.165) is 37.9 Å². The van der Waals surface area contributed by atoms with Crippen LogP contribution in [0, 0.1) is 11.7 Å². The van der Waals surface area contributed by atoms with E-state index in [1.54, 1.807) is 6.07 Å². The van der Waals surface area contributed by atoms with Gasteiger partial charge in [-0.15, -0.1) is 0 Å². The number of benzene rings is 1. The molecule has 21 heavy (non-hydrogen) atoms. The summed E-state index contributed by atoms with van der Waals surface area (Å²) < 4.78 is 13.2. The summed E-state index contributed by atoms with van der Waals surface area (Å²) in [5, 5.41) is 3.35. The van der Waals surface area contributed by atoms with Crippen molar-refractivity contribution >= 4 is 11.6 Å². The maximum absolute atomic E-state index is 13.2. The van der Waals surface area contributed by atoms with Gasteiger partial charge in [-0.2, -0.15) is 0 Å². The molecule has 1 heterocycles. The second kappa shape index (κ2) is 7.43. The van der Waals surface area contributed by atoms with E-state index >= 15 is 0 Å². The highest BCUT2D eigenvalue weighted by atomic mass is 19.1. The number of hydrogen-bond acceptors (Lipinski definition) is 2. The molecule has 2 rings (SSSR count). The van der Waals surface area contributed by atoms with Crippen molar-refractivity contribution in [1.82, 2.24) is 4.90 Å². The van der Waals surface area contributed by atoms with Crippen LogP contribution in [0.1, 0.15) is 39.5 Å². The lowest BCUT2D eigenvalue weighted by Gasteiger charge is -2.35. The number of anilines is 1. The number of halogens is 1. The van der Waals surface area contributed by atoms with Gasteiger partial charge in [0.25, 0.3) is 0 Å². The van der Waals surface area contributed by atoms with E-state index in [1.807, 2.05) is 11.0 Å². The van der Waals surface area contributed by atoms with Crippen molar-refractivity contribution in [2.45, 2.75) is 45.6 Å². The first-order valence-electron chi connectivity index (χ1n) is 7.95. The molecule has 0 unspecified atom stereocenters. The number of likely N-dealkylation sites (tertiary alicyclic amines) is 1. The van der Waals surface area contributed by atoms with E-state index in [2.05, 4.69) is 19.2 Å². The van der Waals surface area contributed by atoms with E-state index in [4.69, 9.17) is 0 Å². The van der Waals surface area contributed by atoms with Crippen LogP contribution in [0.25, 0.3) is 0 Å². The lowest BCUT2D eigenvalue weighted by molar-refractivity contribution is -0.136. The van der Waals surface area contributed by atoms with Crippen molar-refractivity contribution in [3.63, 3.8) is 0 Å². The zero-order chi connectivity index (χ0) is 15.2. The average molecular weight is 292 g/mol. The summed E-state index contributed by atoms with van der Waals surface area (Å²) in [5.41, 5.74) is 0.789. The van der Waals surface area contributed by atoms with Gasteiger partial charge in [-0.1, -0.05) is 19.9 Å². The minimum atomic E-state index is -0.235. The molecule has 0 aromatic heterocycles. The molecule has 1 amide bonds. The SMILES string of the molecule is CCC(CC)C(=O)N1CCC[C@H](Nc2cccc(F)c2)C1. The predicted octanol–water partition coefficient (Wildman–Crippen LogP) is 3.66. The molecule has 1 atom stereocenters. The van der Waals surface area contributed by atoms with E-state index in [-0.39, 0.29) is 23.7 Å². The zero-order valence-electron chi connectivity index (χ0n) is 12.9. The fourth-order valence-corrected chi connectivity index (χ4v) is 3.01. The van der Waals surface area contributed by atoms with Gasteiger partial charge in [0.2, 0.25) is 5.91 Å². The predicted molar refractivity (Wildman–Crippen MR) is 83.7 cm³/mol. The molecule has 1 aromatic rings. The Hall–Kier alpha value is -1.58. The fourth-order valence-electron chi connectivity index (χ4n) is 3.01. The van der Waals surface area contributed by atoms with Gasteiger partial charge in [0.15, 0.2) is 0 Å². The van der Waals surface area contributed by atoms with E-state index in [1.165, 1.54) is 12.1 Å². The van der Waals surface area contributed by atoms with Crippen LogP contribution in [0.4, 0.5) is 10.1 Å². The van der Waals surface area contributed by atoms with Crippen molar-refractivity contribution in [3.05, 3.63) is 30.1 Å². The van der Waals surface area contributed by atoms with Crippen LogP contribution in [0.5, 0.6) is 0 Å². The van der Waals surface area contributed by atoms with Gasteiger partial charge in [-0.3, -0.25) is 4.79 Å². The molecular formula is C17H25FN2O. The van der Waals surface area contributed by atoms with E-state index < -0.39 is 0 Å². The Kier molecular flexibility index (Phi) is 5.59. The van der Waals surface area contributed by atoms with Crippen molar-refractivity contribution in [3.8, 4) is 0 Å². The molecule has 0 bridgehead atoms. The van der Waals surface area contributed by atoms with Gasteiger partial charge >= 0.3 is 0 Å². The molecule has 0 radical (unpaired) electrons. The maximum Gasteiger partial charge on any atom is 0.225 e. The molecule has 0 aliphatic carbocycles. The Morgan fingerprint density at radius 3 is 2.86 bits per heavy atom. The zero-order valence-corrected chi connectivity index (χ0v) is 12.9. The molecule has 1 aliphatic heterocycles. The molecule has 1 saturated heterocycles. The molecule has 4 heteroatoms. The number of carbonyl (C=O) groups excluding carboxylic acids is 1. The number of hydrogen-bond donors (Lipinski definition) is 1. The lowest BCUT2D eigenvalue weighted by atomic mass is 9.98. The van der Waals surface area contributed by atoms with Crippen LogP contribution in [0.2, 0.25) is 0 Å². The number of nitrogens with zero attached hydrogens (tertiary/aromatic N) is 1. The highest BCUT2D eigenvalue weighted by Gasteiger charge is 2.27. The minimum Gasteiger partial charge on any atom is -0.380 e. The Balaban J connectivity index is 1.96. The summed E-state index contributed by atoms with van der Waals surface area (Å²) in [7, 11) is 0. The summed E-state index contributed by atoms with van der Waals surface area (Å²) in [6, 6.07) is 6.72. The molecule has 1 aliphatic rings. The highest BCUT2D eigenvalue weighted by Crippen LogP contribution is 2.20. The number of amides is 1. The van der Waals surface area contributed by atoms with Gasteiger partial charge in [-0.25, -0.2) is 4.39 Å². The lowest BCUT2D eigenvalue weighted by Crippen LogP contribution is -2.47. The number of carbonyl (C=O) groups is 1. The Bertz CT molecular complexity index is 474. The Labute approximate surface area is 126 Å². The second-order valence-corrected chi connectivity index (χ2v) is 5.79. The molecule has 0 spiro atoms. The van der Waals surface area contributed by atoms with Gasteiger partial charge in [-0.05, 0) is 43.9 Å². The van der Waals surface area contributed by atoms with Crippen molar-refractivity contribution < 1.29 is 9.18 Å². The number of rotatable bonds is 5. The first-order valence-corrected chi connectivity index (χ1v) is 7.95. The summed E-state index contributed by atoms with van der Waals surface area (Å²) >= 11 is 0. The number of nitrogens with one attached hydrogen (secondary N) is 1. The van der Waals surface area contributed by atoms with Crippen molar-refractivity contribution in [1.29, 1.82) is 0 Å². The van der Waals surface area contributed by atoms with Crippen LogP contribution in [-0.4, -0.2) is 29.9 Å². The first kappa shape index (κ1) is 15.8. The van der Waals surface area contributed by atoms with Gasteiger partial charge in [0.05, 0.1) is 0 Å². The van der Waals surface area contributed by atoms with E-state index in [0.29, 0.717) is 6.54 Å². The average Bonchev–Trinajstić information content (AvgIpc) is 2.48. The smallest absolute Gasteiger partial charge is 0.225 e. The van der Waals surface area contributed by atoms with Crippen LogP contribution < -0.4 is 5.32 Å². The van der Waals surface area contributed by atoms with Gasteiger partial charge < -0.3 is 10.2 Å². The van der Waals surface area contributed by atoms with Gasteiger partial charge in [0, 0.05) is 30.7 Å². The van der Waals surface area contributed by atoms with Crippen LogP contribution >= 0.6 is 0 Å². The van der Waals surface area contributed by atoms with Crippen molar-refractivity contribution in [2.75, 3.05) is 18.4 Å². The summed E-state index contributed by atoms with van der Waals surface area (Å²) in [5.74, 6) is 0.171. The quantitative estimate of drug-likeness (QED) is 0.898. The Morgan fingerprint density at radius 1 is 1.43 bits per heavy atom. The molecule has 0 saturated carbocycles. The summed E-state index contributed by atoms with van der Waals surface area (Å²) in [6.07, 6.45) is 3.81. The monoisotopic (exact) mass is 292 g/mol. The Morgan fingerprint density at radius 2 is 2.19 bits per heavy atom. The molecule has 116 valence electrons. The van der Waals surface area contributed by atoms with Gasteiger partial charge in [0.1, 0.15) is 5.82 Å². The standard InChI is InChI=1S/C17H25FN2O/c1-3-13(4-2)17(21)20-10-6-9-16(12-20)19-15-8-5-7-14(18)11-15/h5,7-8,11,13,16,19H,3-4,6,9-10,12H2,1-2H3/t16-/m0/s1. The van der Waals surface area contributed by atoms with Crippen LogP contribution in [0.15, 0.2) is 24.3 Å². The maximum atomic E-state index is 13.2. The van der Waals surface area contributed by atoms with Crippen LogP contribution in [-0.2, 0) is 4.79 Å². The van der Waals surface area contributed by atoms with E-state index in [9.17, 15) is 9.18 Å². The molecular weight excluding hydrogens is 267 g/mol. The second-order valence-electron chi connectivity index (χ2n) is 5.79. The normalized spacial score (nSPS) is 18.9. The third kappa shape index (κ3) is 4.19. The number of piperidine rings is 1. The third-order valence-electron chi connectivity index (χ3n) is 4.26. The van der Waals surface area contributed by atoms with Crippen molar-refractivity contribution in [2.24, 2.45) is 5.92 Å². The van der Waals surface area contributed by atoms with Crippen LogP contribution in [0.3, 0.4) is 0 Å². The largest absolute Gasteiger partial charge is 0.380 e. The molecule has 1 fully saturated rings. The molecule has 3 nitrogen and oxygen atoms in total. The fraction of sp³-hybridized carbons (Fsp3) is 0.588. The summed E-state index contributed by atoms with van der Waals surface area (Å²) in [4.78, 5) is 14.4. The summed E-state index contributed by atoms with van der Waals surface area (Å²) in [6.45, 7) is 5.69.